The van der Waals surface area contributed by atoms with E-state index in [0.29, 0.717) is 12.0 Å². The van der Waals surface area contributed by atoms with Gasteiger partial charge in [-0.1, -0.05) is 32.3 Å². The molecule has 1 aromatic rings. The molecular formula is C15H23N3O. The second-order valence-electron chi connectivity index (χ2n) is 4.92. The van der Waals surface area contributed by atoms with Gasteiger partial charge in [0.05, 0.1) is 19.7 Å². The van der Waals surface area contributed by atoms with Crippen LogP contribution in [0.4, 0.5) is 5.69 Å². The molecule has 1 heterocycles. The lowest BCUT2D eigenvalue weighted by atomic mass is 10.1. The summed E-state index contributed by atoms with van der Waals surface area (Å²) in [6, 6.07) is 8.39. The molecule has 0 spiro atoms. The van der Waals surface area contributed by atoms with Gasteiger partial charge in [-0.25, -0.2) is 0 Å². The summed E-state index contributed by atoms with van der Waals surface area (Å²) < 4.78 is 5.28. The van der Waals surface area contributed by atoms with Crippen molar-refractivity contribution >= 4 is 11.6 Å². The number of hydrogen-bond donors (Lipinski definition) is 1. The molecule has 1 aliphatic heterocycles. The molecular weight excluding hydrogens is 238 g/mol. The molecule has 0 saturated carbocycles. The minimum absolute atomic E-state index is 0.388. The Kier molecular flexibility index (Phi) is 4.66. The van der Waals surface area contributed by atoms with Crippen LogP contribution in [0.1, 0.15) is 32.6 Å². The fraction of sp³-hybridized carbons (Fsp3) is 0.533. The molecule has 1 atom stereocenters. The second-order valence-corrected chi connectivity index (χ2v) is 4.92. The van der Waals surface area contributed by atoms with E-state index in [9.17, 15) is 0 Å². The summed E-state index contributed by atoms with van der Waals surface area (Å²) in [5.41, 5.74) is 7.10. The number of nitrogens with zero attached hydrogens (tertiary/aromatic N) is 2. The first-order valence-corrected chi connectivity index (χ1v) is 6.99. The van der Waals surface area contributed by atoms with Crippen molar-refractivity contribution in [3.05, 3.63) is 24.3 Å². The molecule has 2 N–H and O–H groups in total. The molecule has 1 aromatic carbocycles. The number of guanidine groups is 1. The minimum atomic E-state index is 0.388. The highest BCUT2D eigenvalue weighted by molar-refractivity contribution is 5.97. The number of anilines is 1. The van der Waals surface area contributed by atoms with Gasteiger partial charge in [0.2, 0.25) is 0 Å². The number of benzene rings is 1. The highest BCUT2D eigenvalue weighted by Crippen LogP contribution is 2.27. The number of unbranched alkanes of at least 4 members (excludes halogenated alkanes) is 2. The molecule has 0 aliphatic carbocycles. The fourth-order valence-electron chi connectivity index (χ4n) is 2.50. The van der Waals surface area contributed by atoms with Gasteiger partial charge in [-0.15, -0.1) is 0 Å². The number of rotatable bonds is 6. The maximum atomic E-state index is 6.03. The van der Waals surface area contributed by atoms with Gasteiger partial charge in [-0.05, 0) is 18.6 Å². The van der Waals surface area contributed by atoms with Crippen molar-refractivity contribution in [2.45, 2.75) is 38.6 Å². The largest absolute Gasteiger partial charge is 0.497 e. The third-order valence-corrected chi connectivity index (χ3v) is 3.55. The third kappa shape index (κ3) is 3.19. The summed E-state index contributed by atoms with van der Waals surface area (Å²) in [7, 11) is 1.68. The lowest BCUT2D eigenvalue weighted by Gasteiger charge is -2.26. The average molecular weight is 261 g/mol. The van der Waals surface area contributed by atoms with E-state index >= 15 is 0 Å². The second kappa shape index (κ2) is 6.45. The maximum absolute atomic E-state index is 6.03. The SMILES string of the molecule is CCCCCC1CN=C(N)N1c1cccc(OC)c1. The Balaban J connectivity index is 2.11. The van der Waals surface area contributed by atoms with E-state index in [4.69, 9.17) is 10.5 Å². The van der Waals surface area contributed by atoms with Crippen LogP contribution in [0.15, 0.2) is 29.3 Å². The molecule has 0 fully saturated rings. The van der Waals surface area contributed by atoms with Crippen LogP contribution in [-0.4, -0.2) is 25.7 Å². The summed E-state index contributed by atoms with van der Waals surface area (Å²) in [4.78, 5) is 6.53. The summed E-state index contributed by atoms with van der Waals surface area (Å²) in [6.07, 6.45) is 4.87. The van der Waals surface area contributed by atoms with Crippen molar-refractivity contribution in [1.29, 1.82) is 0 Å². The molecule has 1 aliphatic rings. The zero-order valence-corrected chi connectivity index (χ0v) is 11.8. The molecule has 19 heavy (non-hydrogen) atoms. The molecule has 4 nitrogen and oxygen atoms in total. The predicted molar refractivity (Wildman–Crippen MR) is 79.9 cm³/mol. The molecule has 0 saturated heterocycles. The van der Waals surface area contributed by atoms with Crippen molar-refractivity contribution in [3.63, 3.8) is 0 Å². The van der Waals surface area contributed by atoms with Crippen LogP contribution >= 0.6 is 0 Å². The van der Waals surface area contributed by atoms with Crippen LogP contribution < -0.4 is 15.4 Å². The normalized spacial score (nSPS) is 18.5. The summed E-state index contributed by atoms with van der Waals surface area (Å²) in [5.74, 6) is 1.47. The molecule has 0 aromatic heterocycles. The smallest absolute Gasteiger partial charge is 0.196 e. The standard InChI is InChI=1S/C15H23N3O/c1-3-4-5-7-13-11-17-15(16)18(13)12-8-6-9-14(10-12)19-2/h6,8-10,13H,3-5,7,11H2,1-2H3,(H2,16,17). The van der Waals surface area contributed by atoms with E-state index in [1.54, 1.807) is 7.11 Å². The number of ether oxygens (including phenoxy) is 1. The molecule has 0 bridgehead atoms. The molecule has 2 rings (SSSR count). The lowest BCUT2D eigenvalue weighted by molar-refractivity contribution is 0.415. The monoisotopic (exact) mass is 261 g/mol. The Hall–Kier alpha value is -1.71. The Morgan fingerprint density at radius 2 is 2.26 bits per heavy atom. The van der Waals surface area contributed by atoms with Crippen LogP contribution in [-0.2, 0) is 0 Å². The van der Waals surface area contributed by atoms with E-state index in [1.807, 2.05) is 18.2 Å². The van der Waals surface area contributed by atoms with E-state index in [1.165, 1.54) is 19.3 Å². The molecule has 1 unspecified atom stereocenters. The van der Waals surface area contributed by atoms with Gasteiger partial charge < -0.3 is 15.4 Å². The van der Waals surface area contributed by atoms with Gasteiger partial charge in [0.1, 0.15) is 5.75 Å². The van der Waals surface area contributed by atoms with E-state index < -0.39 is 0 Å². The Morgan fingerprint density at radius 1 is 1.42 bits per heavy atom. The van der Waals surface area contributed by atoms with Crippen LogP contribution in [0, 0.1) is 0 Å². The van der Waals surface area contributed by atoms with Gasteiger partial charge in [0.25, 0.3) is 0 Å². The van der Waals surface area contributed by atoms with E-state index in [2.05, 4.69) is 22.9 Å². The first kappa shape index (κ1) is 13.7. The van der Waals surface area contributed by atoms with Crippen molar-refractivity contribution in [2.75, 3.05) is 18.6 Å². The van der Waals surface area contributed by atoms with Crippen molar-refractivity contribution in [2.24, 2.45) is 10.7 Å². The molecule has 0 radical (unpaired) electrons. The average Bonchev–Trinajstić information content (AvgIpc) is 2.80. The van der Waals surface area contributed by atoms with Crippen molar-refractivity contribution in [3.8, 4) is 5.75 Å². The van der Waals surface area contributed by atoms with Crippen molar-refractivity contribution in [1.82, 2.24) is 0 Å². The Labute approximate surface area is 115 Å². The van der Waals surface area contributed by atoms with Crippen molar-refractivity contribution < 1.29 is 4.74 Å². The Morgan fingerprint density at radius 3 is 3.00 bits per heavy atom. The molecule has 0 amide bonds. The zero-order chi connectivity index (χ0) is 13.7. The van der Waals surface area contributed by atoms with Gasteiger partial charge in [0, 0.05) is 11.8 Å². The number of nitrogens with two attached hydrogens (primary N) is 1. The topological polar surface area (TPSA) is 50.8 Å². The highest BCUT2D eigenvalue weighted by atomic mass is 16.5. The highest BCUT2D eigenvalue weighted by Gasteiger charge is 2.26. The first-order valence-electron chi connectivity index (χ1n) is 6.99. The van der Waals surface area contributed by atoms with Crippen LogP contribution in [0.5, 0.6) is 5.75 Å². The summed E-state index contributed by atoms with van der Waals surface area (Å²) in [5, 5.41) is 0. The first-order chi connectivity index (χ1) is 9.26. The fourth-order valence-corrected chi connectivity index (χ4v) is 2.50. The molecule has 4 heteroatoms. The van der Waals surface area contributed by atoms with Crippen LogP contribution in [0.25, 0.3) is 0 Å². The predicted octanol–water partition coefficient (Wildman–Crippen LogP) is 2.78. The number of aliphatic imine (C=N–C) groups is 1. The summed E-state index contributed by atoms with van der Waals surface area (Å²) in [6.45, 7) is 3.02. The van der Waals surface area contributed by atoms with Crippen LogP contribution in [0.3, 0.4) is 0 Å². The lowest BCUT2D eigenvalue weighted by Crippen LogP contribution is -2.40. The van der Waals surface area contributed by atoms with Gasteiger partial charge in [0.15, 0.2) is 5.96 Å². The third-order valence-electron chi connectivity index (χ3n) is 3.55. The van der Waals surface area contributed by atoms with Crippen LogP contribution in [0.2, 0.25) is 0 Å². The van der Waals surface area contributed by atoms with E-state index in [-0.39, 0.29) is 0 Å². The van der Waals surface area contributed by atoms with Gasteiger partial charge in [-0.3, -0.25) is 4.99 Å². The Bertz CT molecular complexity index is 445. The van der Waals surface area contributed by atoms with E-state index in [0.717, 1.165) is 24.4 Å². The zero-order valence-electron chi connectivity index (χ0n) is 11.8. The van der Waals surface area contributed by atoms with Gasteiger partial charge in [-0.2, -0.15) is 0 Å². The maximum Gasteiger partial charge on any atom is 0.196 e. The quantitative estimate of drug-likeness (QED) is 0.801. The number of hydrogen-bond acceptors (Lipinski definition) is 4. The minimum Gasteiger partial charge on any atom is -0.497 e. The molecule has 104 valence electrons. The summed E-state index contributed by atoms with van der Waals surface area (Å²) >= 11 is 0. The van der Waals surface area contributed by atoms with Gasteiger partial charge >= 0.3 is 0 Å². The number of methoxy groups -OCH3 is 1.